The second kappa shape index (κ2) is 12.7. The van der Waals surface area contributed by atoms with Crippen molar-refractivity contribution in [2.75, 3.05) is 25.2 Å². The van der Waals surface area contributed by atoms with Gasteiger partial charge < -0.3 is 15.2 Å². The number of hydrogen-bond acceptors (Lipinski definition) is 5. The molecule has 0 fully saturated rings. The van der Waals surface area contributed by atoms with Crippen molar-refractivity contribution in [3.63, 3.8) is 0 Å². The predicted molar refractivity (Wildman–Crippen MR) is 147 cm³/mol. The molecule has 2 atom stereocenters. The molecule has 2 unspecified atom stereocenters. The zero-order valence-electron chi connectivity index (χ0n) is 22.8. The van der Waals surface area contributed by atoms with Crippen LogP contribution in [-0.2, 0) is 16.3 Å². The number of carbonyl (C=O) groups is 1. The Morgan fingerprint density at radius 2 is 1.78 bits per heavy atom. The summed E-state index contributed by atoms with van der Waals surface area (Å²) in [5.74, 6) is 0.886. The maximum absolute atomic E-state index is 12.4. The summed E-state index contributed by atoms with van der Waals surface area (Å²) in [6.07, 6.45) is 3.52. The summed E-state index contributed by atoms with van der Waals surface area (Å²) in [4.78, 5) is 12.4. The predicted octanol–water partition coefficient (Wildman–Crippen LogP) is 4.99. The highest BCUT2D eigenvalue weighted by Crippen LogP contribution is 2.30. The van der Waals surface area contributed by atoms with Crippen LogP contribution in [0.1, 0.15) is 79.1 Å². The monoisotopic (exact) mass is 517 g/mol. The van der Waals surface area contributed by atoms with Crippen molar-refractivity contribution < 1.29 is 23.1 Å². The Labute approximate surface area is 217 Å². The maximum Gasteiger partial charge on any atom is 0.251 e. The molecule has 7 heteroatoms. The highest BCUT2D eigenvalue weighted by molar-refractivity contribution is 7.90. The van der Waals surface area contributed by atoms with Crippen LogP contribution >= 0.6 is 0 Å². The van der Waals surface area contributed by atoms with Gasteiger partial charge in [-0.25, -0.2) is 8.42 Å². The van der Waals surface area contributed by atoms with Crippen LogP contribution in [0.3, 0.4) is 0 Å². The molecular weight excluding hydrogens is 474 g/mol. The van der Waals surface area contributed by atoms with E-state index in [9.17, 15) is 18.3 Å². The molecule has 6 nitrogen and oxygen atoms in total. The van der Waals surface area contributed by atoms with Gasteiger partial charge in [-0.3, -0.25) is 4.79 Å². The van der Waals surface area contributed by atoms with E-state index in [1.165, 1.54) is 11.1 Å². The van der Waals surface area contributed by atoms with Gasteiger partial charge in [0.15, 0.2) is 0 Å². The lowest BCUT2D eigenvalue weighted by atomic mass is 9.88. The van der Waals surface area contributed by atoms with Crippen LogP contribution in [0.4, 0.5) is 0 Å². The lowest BCUT2D eigenvalue weighted by molar-refractivity contribution is 0.0216. The molecule has 0 saturated carbocycles. The average molecular weight is 518 g/mol. The smallest absolute Gasteiger partial charge is 0.251 e. The average Bonchev–Trinajstić information content (AvgIpc) is 2.77. The van der Waals surface area contributed by atoms with Crippen molar-refractivity contribution in [3.05, 3.63) is 64.2 Å². The number of sulfone groups is 1. The van der Waals surface area contributed by atoms with Gasteiger partial charge in [-0.15, -0.1) is 0 Å². The van der Waals surface area contributed by atoms with E-state index in [4.69, 9.17) is 4.74 Å². The fraction of sp³-hybridized carbons (Fsp3) is 0.552. The second-order valence-corrected chi connectivity index (χ2v) is 13.2. The van der Waals surface area contributed by atoms with Crippen molar-refractivity contribution in [1.82, 2.24) is 5.32 Å². The molecule has 0 aliphatic rings. The number of aryl methyl sites for hydroxylation is 3. The summed E-state index contributed by atoms with van der Waals surface area (Å²) in [6.45, 7) is 12.5. The normalized spacial score (nSPS) is 13.8. The molecule has 200 valence electrons. The molecule has 0 aliphatic heterocycles. The molecule has 0 radical (unpaired) electrons. The first-order valence-electron chi connectivity index (χ1n) is 12.7. The van der Waals surface area contributed by atoms with Gasteiger partial charge in [0, 0.05) is 18.4 Å². The number of hydrogen-bond donors (Lipinski definition) is 2. The first kappa shape index (κ1) is 29.8. The fourth-order valence-electron chi connectivity index (χ4n) is 4.04. The van der Waals surface area contributed by atoms with Crippen LogP contribution in [0.25, 0.3) is 0 Å². The number of carbonyl (C=O) groups excluding carboxylic acids is 1. The van der Waals surface area contributed by atoms with Crippen molar-refractivity contribution in [3.8, 4) is 5.75 Å². The molecule has 2 aromatic carbocycles. The molecule has 2 N–H and O–H groups in total. The number of aliphatic hydroxyl groups is 1. The van der Waals surface area contributed by atoms with E-state index in [-0.39, 0.29) is 30.2 Å². The van der Waals surface area contributed by atoms with Gasteiger partial charge in [-0.2, -0.15) is 0 Å². The summed E-state index contributed by atoms with van der Waals surface area (Å²) >= 11 is 0. The number of ether oxygens (including phenoxy) is 1. The molecule has 0 bridgehead atoms. The van der Waals surface area contributed by atoms with Gasteiger partial charge >= 0.3 is 0 Å². The Bertz CT molecular complexity index is 1130. The quantitative estimate of drug-likeness (QED) is 0.414. The van der Waals surface area contributed by atoms with Gasteiger partial charge in [0.2, 0.25) is 0 Å². The van der Waals surface area contributed by atoms with Crippen LogP contribution in [0.15, 0.2) is 36.4 Å². The molecule has 0 heterocycles. The van der Waals surface area contributed by atoms with Crippen molar-refractivity contribution in [1.29, 1.82) is 0 Å². The Morgan fingerprint density at radius 1 is 1.08 bits per heavy atom. The molecule has 0 spiro atoms. The van der Waals surface area contributed by atoms with Gasteiger partial charge in [0.05, 0.1) is 11.9 Å². The Balaban J connectivity index is 1.99. The highest BCUT2D eigenvalue weighted by atomic mass is 32.2. The molecule has 0 saturated heterocycles. The van der Waals surface area contributed by atoms with E-state index >= 15 is 0 Å². The van der Waals surface area contributed by atoms with Crippen molar-refractivity contribution >= 4 is 15.7 Å². The van der Waals surface area contributed by atoms with Gasteiger partial charge in [0.25, 0.3) is 5.91 Å². The number of benzene rings is 2. The van der Waals surface area contributed by atoms with Crippen molar-refractivity contribution in [2.45, 2.75) is 72.8 Å². The number of rotatable bonds is 12. The molecule has 2 rings (SSSR count). The number of amides is 1. The lowest BCUT2D eigenvalue weighted by Gasteiger charge is -2.26. The fourth-order valence-corrected chi connectivity index (χ4v) is 4.51. The third-order valence-corrected chi connectivity index (χ3v) is 7.58. The third kappa shape index (κ3) is 9.25. The first-order valence-corrected chi connectivity index (χ1v) is 14.7. The summed E-state index contributed by atoms with van der Waals surface area (Å²) in [6, 6.07) is 12.2. The van der Waals surface area contributed by atoms with Crippen LogP contribution in [0.2, 0.25) is 0 Å². The zero-order chi connectivity index (χ0) is 27.1. The minimum absolute atomic E-state index is 0.0697. The Morgan fingerprint density at radius 3 is 2.33 bits per heavy atom. The van der Waals surface area contributed by atoms with Crippen LogP contribution in [0, 0.1) is 19.3 Å². The van der Waals surface area contributed by atoms with E-state index in [1.54, 1.807) is 0 Å². The topological polar surface area (TPSA) is 92.7 Å². The van der Waals surface area contributed by atoms with Crippen LogP contribution in [-0.4, -0.2) is 50.7 Å². The minimum Gasteiger partial charge on any atom is -0.491 e. The van der Waals surface area contributed by atoms with Crippen molar-refractivity contribution in [2.24, 2.45) is 5.41 Å². The number of aliphatic hydroxyl groups excluding tert-OH is 1. The van der Waals surface area contributed by atoms with E-state index in [1.807, 2.05) is 58.9 Å². The van der Waals surface area contributed by atoms with Gasteiger partial charge in [-0.1, -0.05) is 52.0 Å². The Hall–Kier alpha value is -2.38. The molecule has 1 amide bonds. The lowest BCUT2D eigenvalue weighted by Crippen LogP contribution is -2.32. The van der Waals surface area contributed by atoms with Gasteiger partial charge in [0.1, 0.15) is 22.2 Å². The first-order chi connectivity index (χ1) is 16.7. The van der Waals surface area contributed by atoms with Crippen LogP contribution < -0.4 is 10.1 Å². The molecule has 0 aliphatic carbocycles. The standard InChI is InChI=1S/C29H43NO5S/c1-8-23(24-12-14-26(21(3)18-24)35-19-27(31)29(4,5)6)11-9-22-10-13-25(20(2)17-22)28(32)30-15-16-36(7,33)34/h10,12-14,17-18,23,27,31H,8-9,11,15-16,19H2,1-7H3,(H,30,32). The SMILES string of the molecule is CCC(CCc1ccc(C(=O)NCCS(C)(=O)=O)c(C)c1)c1ccc(OCC(O)C(C)(C)C)c(C)c1. The largest absolute Gasteiger partial charge is 0.491 e. The molecule has 2 aromatic rings. The second-order valence-electron chi connectivity index (χ2n) is 10.9. The van der Waals surface area contributed by atoms with Crippen LogP contribution in [0.5, 0.6) is 5.75 Å². The van der Waals surface area contributed by atoms with E-state index in [2.05, 4.69) is 24.4 Å². The molecule has 36 heavy (non-hydrogen) atoms. The number of nitrogens with one attached hydrogen (secondary N) is 1. The van der Waals surface area contributed by atoms with Gasteiger partial charge in [-0.05, 0) is 78.8 Å². The van der Waals surface area contributed by atoms with E-state index in [0.717, 1.165) is 42.4 Å². The minimum atomic E-state index is -3.11. The molecular formula is C29H43NO5S. The summed E-state index contributed by atoms with van der Waals surface area (Å²) in [7, 11) is -3.11. The van der Waals surface area contributed by atoms with E-state index in [0.29, 0.717) is 11.5 Å². The summed E-state index contributed by atoms with van der Waals surface area (Å²) < 4.78 is 28.4. The highest BCUT2D eigenvalue weighted by Gasteiger charge is 2.23. The maximum atomic E-state index is 12.4. The summed E-state index contributed by atoms with van der Waals surface area (Å²) in [5.41, 5.74) is 4.74. The molecule has 0 aromatic heterocycles. The van der Waals surface area contributed by atoms with E-state index < -0.39 is 15.9 Å². The Kier molecular flexibility index (Phi) is 10.6. The zero-order valence-corrected chi connectivity index (χ0v) is 23.7. The third-order valence-electron chi connectivity index (χ3n) is 6.63. The summed E-state index contributed by atoms with van der Waals surface area (Å²) in [5, 5.41) is 12.9.